The first kappa shape index (κ1) is 25.0. The van der Waals surface area contributed by atoms with E-state index in [1.165, 1.54) is 36.8 Å². The van der Waals surface area contributed by atoms with Gasteiger partial charge in [0.05, 0.1) is 39.0 Å². The van der Waals surface area contributed by atoms with Crippen molar-refractivity contribution in [1.82, 2.24) is 0 Å². The Hall–Kier alpha value is -1.00. The van der Waals surface area contributed by atoms with Crippen LogP contribution in [-0.4, -0.2) is 39.6 Å². The summed E-state index contributed by atoms with van der Waals surface area (Å²) in [6, 6.07) is 0. The monoisotopic (exact) mass is 370 g/mol. The van der Waals surface area contributed by atoms with Crippen molar-refractivity contribution in [3.05, 3.63) is 23.7 Å². The van der Waals surface area contributed by atoms with Gasteiger partial charge in [0.1, 0.15) is 13.2 Å². The van der Waals surface area contributed by atoms with Gasteiger partial charge in [-0.1, -0.05) is 40.5 Å². The van der Waals surface area contributed by atoms with Crippen LogP contribution in [0.3, 0.4) is 0 Å². The highest BCUT2D eigenvalue weighted by Gasteiger charge is 1.96. The lowest BCUT2D eigenvalue weighted by Crippen LogP contribution is -2.10. The summed E-state index contributed by atoms with van der Waals surface area (Å²) in [5, 5.41) is 0. The third kappa shape index (κ3) is 16.5. The van der Waals surface area contributed by atoms with Crippen LogP contribution >= 0.6 is 0 Å². The van der Waals surface area contributed by atoms with Crippen molar-refractivity contribution in [1.29, 1.82) is 0 Å². The van der Waals surface area contributed by atoms with E-state index in [0.717, 1.165) is 25.7 Å². The van der Waals surface area contributed by atoms with E-state index in [2.05, 4.69) is 27.7 Å². The molecule has 0 aromatic rings. The predicted octanol–water partition coefficient (Wildman–Crippen LogP) is 6.02. The second kappa shape index (κ2) is 20.3. The number of allylic oxidation sites excluding steroid dienone is 2. The first-order valence-corrected chi connectivity index (χ1v) is 10.5. The molecule has 0 aliphatic heterocycles. The summed E-state index contributed by atoms with van der Waals surface area (Å²) in [6.45, 7) is 12.3. The lowest BCUT2D eigenvalue weighted by molar-refractivity contribution is 0.0181. The van der Waals surface area contributed by atoms with Gasteiger partial charge in [-0.25, -0.2) is 0 Å². The number of unbranched alkanes of at least 4 members (excludes halogenated alkanes) is 2. The van der Waals surface area contributed by atoms with E-state index in [-0.39, 0.29) is 0 Å². The quantitative estimate of drug-likeness (QED) is 0.206. The van der Waals surface area contributed by atoms with Gasteiger partial charge in [0.25, 0.3) is 0 Å². The molecule has 4 heteroatoms. The summed E-state index contributed by atoms with van der Waals surface area (Å²) in [4.78, 5) is 0. The number of rotatable bonds is 19. The molecule has 0 aromatic heterocycles. The molecule has 0 aromatic carbocycles. The van der Waals surface area contributed by atoms with Gasteiger partial charge in [-0.15, -0.1) is 0 Å². The maximum atomic E-state index is 5.55. The molecule has 0 N–H and O–H groups in total. The van der Waals surface area contributed by atoms with Gasteiger partial charge < -0.3 is 18.9 Å². The Morgan fingerprint density at radius 2 is 0.962 bits per heavy atom. The Bertz CT molecular complexity index is 316. The van der Waals surface area contributed by atoms with Crippen LogP contribution in [0.15, 0.2) is 23.7 Å². The van der Waals surface area contributed by atoms with Crippen LogP contribution in [0.4, 0.5) is 0 Å². The highest BCUT2D eigenvalue weighted by atomic mass is 16.6. The van der Waals surface area contributed by atoms with Crippen molar-refractivity contribution in [2.24, 2.45) is 0 Å². The van der Waals surface area contributed by atoms with Crippen LogP contribution in [0, 0.1) is 0 Å². The first-order chi connectivity index (χ1) is 12.8. The van der Waals surface area contributed by atoms with Gasteiger partial charge in [-0.05, 0) is 49.7 Å². The normalized spacial score (nSPS) is 12.5. The molecule has 0 saturated heterocycles. The van der Waals surface area contributed by atoms with E-state index >= 15 is 0 Å². The summed E-state index contributed by atoms with van der Waals surface area (Å²) >= 11 is 0. The Morgan fingerprint density at radius 3 is 1.31 bits per heavy atom. The molecule has 0 aliphatic carbocycles. The lowest BCUT2D eigenvalue weighted by atomic mass is 10.1. The molecule has 0 radical (unpaired) electrons. The van der Waals surface area contributed by atoms with Crippen molar-refractivity contribution in [3.8, 4) is 0 Å². The zero-order chi connectivity index (χ0) is 19.3. The summed E-state index contributed by atoms with van der Waals surface area (Å²) in [5.41, 5.74) is 2.76. The molecule has 0 unspecified atom stereocenters. The average Bonchev–Trinajstić information content (AvgIpc) is 2.67. The minimum atomic E-state index is 0.593. The number of ether oxygens (including phenoxy) is 4. The van der Waals surface area contributed by atoms with Crippen LogP contribution < -0.4 is 0 Å². The summed E-state index contributed by atoms with van der Waals surface area (Å²) in [7, 11) is 0. The van der Waals surface area contributed by atoms with Crippen LogP contribution in [-0.2, 0) is 18.9 Å². The molecular weight excluding hydrogens is 328 g/mol. The van der Waals surface area contributed by atoms with E-state index in [1.54, 1.807) is 0 Å². The zero-order valence-electron chi connectivity index (χ0n) is 17.7. The molecule has 154 valence electrons. The summed E-state index contributed by atoms with van der Waals surface area (Å²) in [5.74, 6) is 0. The summed E-state index contributed by atoms with van der Waals surface area (Å²) in [6.07, 6.45) is 13.1. The van der Waals surface area contributed by atoms with E-state index in [9.17, 15) is 0 Å². The molecule has 0 fully saturated rings. The minimum Gasteiger partial charge on any atom is -0.499 e. The molecule has 4 nitrogen and oxygen atoms in total. The maximum Gasteiger partial charge on any atom is 0.111 e. The smallest absolute Gasteiger partial charge is 0.111 e. The summed E-state index contributed by atoms with van der Waals surface area (Å²) < 4.78 is 22.1. The maximum absolute atomic E-state index is 5.55. The van der Waals surface area contributed by atoms with Crippen LogP contribution in [0.25, 0.3) is 0 Å². The van der Waals surface area contributed by atoms with Crippen molar-refractivity contribution in [2.45, 2.75) is 79.1 Å². The molecule has 26 heavy (non-hydrogen) atoms. The fourth-order valence-corrected chi connectivity index (χ4v) is 2.34. The molecule has 0 saturated carbocycles. The largest absolute Gasteiger partial charge is 0.499 e. The molecule has 0 bridgehead atoms. The number of hydrogen-bond donors (Lipinski definition) is 0. The first-order valence-electron chi connectivity index (χ1n) is 10.5. The van der Waals surface area contributed by atoms with E-state index < -0.39 is 0 Å². The minimum absolute atomic E-state index is 0.593. The Morgan fingerprint density at radius 1 is 0.577 bits per heavy atom. The van der Waals surface area contributed by atoms with E-state index in [1.807, 2.05) is 12.5 Å². The lowest BCUT2D eigenvalue weighted by Gasteiger charge is -2.08. The highest BCUT2D eigenvalue weighted by Crippen LogP contribution is 2.11. The van der Waals surface area contributed by atoms with E-state index in [4.69, 9.17) is 18.9 Å². The van der Waals surface area contributed by atoms with E-state index in [0.29, 0.717) is 39.6 Å². The molecule has 0 aliphatic rings. The van der Waals surface area contributed by atoms with Gasteiger partial charge in [0.2, 0.25) is 0 Å². The van der Waals surface area contributed by atoms with Gasteiger partial charge in [0, 0.05) is 0 Å². The Balaban J connectivity index is 3.45. The number of hydrogen-bond acceptors (Lipinski definition) is 4. The Labute approximate surface area is 161 Å². The SMILES string of the molecule is CCCC/C(=C/OCCOCCOCCO/C=C(\CC)CCCC)CC. The fraction of sp³-hybridized carbons (Fsp3) is 0.818. The molecule has 0 atom stereocenters. The predicted molar refractivity (Wildman–Crippen MR) is 109 cm³/mol. The van der Waals surface area contributed by atoms with Gasteiger partial charge in [-0.3, -0.25) is 0 Å². The zero-order valence-corrected chi connectivity index (χ0v) is 17.7. The second-order valence-electron chi connectivity index (χ2n) is 6.43. The average molecular weight is 371 g/mol. The van der Waals surface area contributed by atoms with Crippen LogP contribution in [0.2, 0.25) is 0 Å². The van der Waals surface area contributed by atoms with Crippen molar-refractivity contribution >= 4 is 0 Å². The standard InChI is InChI=1S/C22H42O4/c1-5-9-11-21(7-3)19-25-17-15-23-13-14-24-16-18-26-20-22(8-4)12-10-6-2/h19-20H,5-18H2,1-4H3/b21-19+,22-20+. The molecule has 0 spiro atoms. The van der Waals surface area contributed by atoms with Crippen molar-refractivity contribution in [2.75, 3.05) is 39.6 Å². The van der Waals surface area contributed by atoms with Gasteiger partial charge >= 0.3 is 0 Å². The molecular formula is C22H42O4. The van der Waals surface area contributed by atoms with Gasteiger partial charge in [0.15, 0.2) is 0 Å². The topological polar surface area (TPSA) is 36.9 Å². The third-order valence-corrected chi connectivity index (χ3v) is 4.17. The van der Waals surface area contributed by atoms with Crippen LogP contribution in [0.5, 0.6) is 0 Å². The third-order valence-electron chi connectivity index (χ3n) is 4.17. The fourth-order valence-electron chi connectivity index (χ4n) is 2.34. The highest BCUT2D eigenvalue weighted by molar-refractivity contribution is 4.97. The second-order valence-corrected chi connectivity index (χ2v) is 6.43. The molecule has 0 amide bonds. The van der Waals surface area contributed by atoms with Crippen molar-refractivity contribution in [3.63, 3.8) is 0 Å². The van der Waals surface area contributed by atoms with Crippen molar-refractivity contribution < 1.29 is 18.9 Å². The Kier molecular flexibility index (Phi) is 19.5. The molecule has 0 rings (SSSR count). The molecule has 0 heterocycles. The van der Waals surface area contributed by atoms with Crippen LogP contribution in [0.1, 0.15) is 79.1 Å². The van der Waals surface area contributed by atoms with Gasteiger partial charge in [-0.2, -0.15) is 0 Å².